The Hall–Kier alpha value is -0.340. The molecule has 0 radical (unpaired) electrons. The van der Waals surface area contributed by atoms with Gasteiger partial charge in [-0.05, 0) is 6.42 Å². The quantitative estimate of drug-likeness (QED) is 0.567. The summed E-state index contributed by atoms with van der Waals surface area (Å²) in [6.07, 6.45) is 3.95. The van der Waals surface area contributed by atoms with Gasteiger partial charge in [0.1, 0.15) is 5.60 Å². The molecule has 60 valence electrons. The van der Waals surface area contributed by atoms with E-state index in [9.17, 15) is 5.11 Å². The molecular formula is C8H16O2. The summed E-state index contributed by atoms with van der Waals surface area (Å²) >= 11 is 0. The van der Waals surface area contributed by atoms with Crippen molar-refractivity contribution in [2.45, 2.75) is 31.8 Å². The average molecular weight is 144 g/mol. The molecule has 0 rings (SSSR count). The maximum atomic E-state index is 9.39. The van der Waals surface area contributed by atoms with E-state index in [4.69, 9.17) is 5.11 Å². The molecule has 0 aromatic rings. The fraction of sp³-hybridized carbons (Fsp3) is 0.750. The molecule has 0 aliphatic heterocycles. The lowest BCUT2D eigenvalue weighted by Crippen LogP contribution is -2.29. The van der Waals surface area contributed by atoms with Crippen molar-refractivity contribution in [3.8, 4) is 0 Å². The number of hydrogen-bond acceptors (Lipinski definition) is 2. The third-order valence-corrected chi connectivity index (χ3v) is 1.62. The van der Waals surface area contributed by atoms with E-state index in [1.165, 1.54) is 6.08 Å². The summed E-state index contributed by atoms with van der Waals surface area (Å²) in [6.45, 7) is 5.26. The minimum absolute atomic E-state index is 0.226. The molecule has 2 nitrogen and oxygen atoms in total. The van der Waals surface area contributed by atoms with Gasteiger partial charge in [-0.25, -0.2) is 0 Å². The molecule has 2 heteroatoms. The first-order valence-electron chi connectivity index (χ1n) is 3.65. The van der Waals surface area contributed by atoms with Gasteiger partial charge in [-0.3, -0.25) is 0 Å². The maximum absolute atomic E-state index is 9.39. The zero-order valence-electron chi connectivity index (χ0n) is 6.51. The Balaban J connectivity index is 3.68. The van der Waals surface area contributed by atoms with Gasteiger partial charge in [-0.2, -0.15) is 0 Å². The van der Waals surface area contributed by atoms with Crippen LogP contribution >= 0.6 is 0 Å². The third-order valence-electron chi connectivity index (χ3n) is 1.62. The molecule has 0 heterocycles. The van der Waals surface area contributed by atoms with Crippen LogP contribution in [0.4, 0.5) is 0 Å². The second-order valence-corrected chi connectivity index (χ2v) is 2.57. The van der Waals surface area contributed by atoms with Crippen molar-refractivity contribution in [1.82, 2.24) is 0 Å². The van der Waals surface area contributed by atoms with Crippen LogP contribution in [0, 0.1) is 0 Å². The Labute approximate surface area is 62.2 Å². The van der Waals surface area contributed by atoms with Crippen molar-refractivity contribution in [2.75, 3.05) is 6.61 Å². The van der Waals surface area contributed by atoms with Crippen LogP contribution in [0.3, 0.4) is 0 Å². The molecular weight excluding hydrogens is 128 g/mol. The van der Waals surface area contributed by atoms with Crippen LogP contribution in [0.1, 0.15) is 26.2 Å². The van der Waals surface area contributed by atoms with Gasteiger partial charge < -0.3 is 10.2 Å². The molecule has 0 aromatic carbocycles. The molecule has 0 amide bonds. The summed E-state index contributed by atoms with van der Waals surface area (Å²) in [7, 11) is 0. The zero-order chi connectivity index (χ0) is 8.04. The van der Waals surface area contributed by atoms with Crippen LogP contribution in [0.15, 0.2) is 12.7 Å². The van der Waals surface area contributed by atoms with E-state index >= 15 is 0 Å². The number of rotatable bonds is 5. The fourth-order valence-electron chi connectivity index (χ4n) is 0.729. The normalized spacial score (nSPS) is 16.3. The van der Waals surface area contributed by atoms with Crippen molar-refractivity contribution < 1.29 is 10.2 Å². The van der Waals surface area contributed by atoms with Crippen molar-refractivity contribution in [2.24, 2.45) is 0 Å². The second kappa shape index (κ2) is 4.47. The molecule has 0 spiro atoms. The molecule has 10 heavy (non-hydrogen) atoms. The van der Waals surface area contributed by atoms with Gasteiger partial charge in [0.05, 0.1) is 6.61 Å². The van der Waals surface area contributed by atoms with E-state index < -0.39 is 5.60 Å². The van der Waals surface area contributed by atoms with Crippen LogP contribution in [-0.4, -0.2) is 22.4 Å². The highest BCUT2D eigenvalue weighted by Gasteiger charge is 2.19. The summed E-state index contributed by atoms with van der Waals surface area (Å²) < 4.78 is 0. The summed E-state index contributed by atoms with van der Waals surface area (Å²) in [5.74, 6) is 0. The number of aliphatic hydroxyl groups is 2. The van der Waals surface area contributed by atoms with Crippen molar-refractivity contribution in [3.63, 3.8) is 0 Å². The molecule has 0 aliphatic carbocycles. The van der Waals surface area contributed by atoms with Crippen LogP contribution in [0.25, 0.3) is 0 Å². The fourth-order valence-corrected chi connectivity index (χ4v) is 0.729. The molecule has 1 atom stereocenters. The number of hydrogen-bond donors (Lipinski definition) is 2. The maximum Gasteiger partial charge on any atom is 0.105 e. The van der Waals surface area contributed by atoms with Gasteiger partial charge >= 0.3 is 0 Å². The molecule has 0 saturated carbocycles. The number of unbranched alkanes of at least 4 members (excludes halogenated alkanes) is 1. The lowest BCUT2D eigenvalue weighted by Gasteiger charge is -2.20. The largest absolute Gasteiger partial charge is 0.393 e. The van der Waals surface area contributed by atoms with Gasteiger partial charge in [-0.15, -0.1) is 6.58 Å². The first-order chi connectivity index (χ1) is 4.68. The van der Waals surface area contributed by atoms with Crippen molar-refractivity contribution >= 4 is 0 Å². The van der Waals surface area contributed by atoms with Crippen molar-refractivity contribution in [1.29, 1.82) is 0 Å². The van der Waals surface area contributed by atoms with E-state index in [1.54, 1.807) is 0 Å². The van der Waals surface area contributed by atoms with Crippen LogP contribution in [-0.2, 0) is 0 Å². The Morgan fingerprint density at radius 2 is 2.20 bits per heavy atom. The van der Waals surface area contributed by atoms with Gasteiger partial charge in [0.2, 0.25) is 0 Å². The van der Waals surface area contributed by atoms with Crippen LogP contribution in [0.2, 0.25) is 0 Å². The standard InChI is InChI=1S/C8H16O2/c1-3-5-6-8(10,4-2)7-9/h4,9-10H,2-3,5-7H2,1H3. The SMILES string of the molecule is C=CC(O)(CO)CCCC. The molecule has 0 fully saturated rings. The van der Waals surface area contributed by atoms with Gasteiger partial charge in [0.15, 0.2) is 0 Å². The number of aliphatic hydroxyl groups excluding tert-OH is 1. The van der Waals surface area contributed by atoms with Gasteiger partial charge in [0.25, 0.3) is 0 Å². The minimum Gasteiger partial charge on any atom is -0.393 e. The predicted molar refractivity (Wildman–Crippen MR) is 41.8 cm³/mol. The van der Waals surface area contributed by atoms with E-state index in [0.717, 1.165) is 12.8 Å². The second-order valence-electron chi connectivity index (χ2n) is 2.57. The minimum atomic E-state index is -1.05. The summed E-state index contributed by atoms with van der Waals surface area (Å²) in [6, 6.07) is 0. The van der Waals surface area contributed by atoms with Gasteiger partial charge in [0, 0.05) is 0 Å². The highest BCUT2D eigenvalue weighted by Crippen LogP contribution is 2.13. The summed E-state index contributed by atoms with van der Waals surface area (Å²) in [5, 5.41) is 18.1. The first kappa shape index (κ1) is 9.66. The molecule has 1 unspecified atom stereocenters. The molecule has 0 bridgehead atoms. The molecule has 2 N–H and O–H groups in total. The highest BCUT2D eigenvalue weighted by atomic mass is 16.3. The van der Waals surface area contributed by atoms with E-state index in [1.807, 2.05) is 6.92 Å². The molecule has 0 aliphatic rings. The lowest BCUT2D eigenvalue weighted by molar-refractivity contribution is 0.0190. The van der Waals surface area contributed by atoms with E-state index in [-0.39, 0.29) is 6.61 Å². The lowest BCUT2D eigenvalue weighted by atomic mass is 9.98. The monoisotopic (exact) mass is 144 g/mol. The third kappa shape index (κ3) is 2.99. The Morgan fingerprint density at radius 1 is 1.60 bits per heavy atom. The Bertz CT molecular complexity index is 101. The van der Waals surface area contributed by atoms with Gasteiger partial charge in [-0.1, -0.05) is 25.8 Å². The van der Waals surface area contributed by atoms with Crippen molar-refractivity contribution in [3.05, 3.63) is 12.7 Å². The van der Waals surface area contributed by atoms with Crippen LogP contribution < -0.4 is 0 Å². The predicted octanol–water partition coefficient (Wildman–Crippen LogP) is 1.09. The first-order valence-corrected chi connectivity index (χ1v) is 3.65. The average Bonchev–Trinajstić information content (AvgIpc) is 2.00. The summed E-state index contributed by atoms with van der Waals surface area (Å²) in [5.41, 5.74) is -1.05. The smallest absolute Gasteiger partial charge is 0.105 e. The Kier molecular flexibility index (Phi) is 4.32. The summed E-state index contributed by atoms with van der Waals surface area (Å²) in [4.78, 5) is 0. The van der Waals surface area contributed by atoms with Crippen LogP contribution in [0.5, 0.6) is 0 Å². The van der Waals surface area contributed by atoms with E-state index in [2.05, 4.69) is 6.58 Å². The topological polar surface area (TPSA) is 40.5 Å². The molecule has 0 aromatic heterocycles. The Morgan fingerprint density at radius 3 is 2.50 bits per heavy atom. The molecule has 0 saturated heterocycles. The highest BCUT2D eigenvalue weighted by molar-refractivity contribution is 4.94. The van der Waals surface area contributed by atoms with E-state index in [0.29, 0.717) is 6.42 Å². The zero-order valence-corrected chi connectivity index (χ0v) is 6.51.